The molecule has 31 heavy (non-hydrogen) atoms. The number of fused-ring (bicyclic) bond motifs is 3. The van der Waals surface area contributed by atoms with Gasteiger partial charge in [-0.1, -0.05) is 0 Å². The normalized spacial score (nSPS) is 18.5. The number of hydrogen-bond acceptors (Lipinski definition) is 6. The average molecular weight is 430 g/mol. The molecule has 1 aliphatic heterocycles. The number of rotatable bonds is 4. The Morgan fingerprint density at radius 3 is 2.61 bits per heavy atom. The minimum absolute atomic E-state index is 0.0455. The summed E-state index contributed by atoms with van der Waals surface area (Å²) in [7, 11) is 0. The lowest BCUT2D eigenvalue weighted by Gasteiger charge is -2.39. The van der Waals surface area contributed by atoms with Gasteiger partial charge in [-0.15, -0.1) is 0 Å². The summed E-state index contributed by atoms with van der Waals surface area (Å²) in [5.74, 6) is -0.0152. The highest BCUT2D eigenvalue weighted by atomic mass is 16.6. The topological polar surface area (TPSA) is 120 Å². The van der Waals surface area contributed by atoms with E-state index in [0.29, 0.717) is 25.9 Å². The number of ether oxygens (including phenoxy) is 1. The van der Waals surface area contributed by atoms with E-state index in [-0.39, 0.29) is 6.54 Å². The maximum Gasteiger partial charge on any atom is 0.407 e. The van der Waals surface area contributed by atoms with E-state index in [9.17, 15) is 14.7 Å². The minimum atomic E-state index is -1.02. The molecule has 3 heterocycles. The van der Waals surface area contributed by atoms with Crippen LogP contribution in [0.5, 0.6) is 0 Å². The fourth-order valence-corrected chi connectivity index (χ4v) is 4.62. The number of alkyl carbamates (subject to hydrolysis) is 1. The van der Waals surface area contributed by atoms with Crippen molar-refractivity contribution in [2.75, 3.05) is 24.5 Å². The van der Waals surface area contributed by atoms with Crippen LogP contribution in [0.25, 0.3) is 11.0 Å². The Morgan fingerprint density at radius 2 is 1.94 bits per heavy atom. The number of nitrogens with one attached hydrogen (secondary N) is 2. The molecule has 168 valence electrons. The smallest absolute Gasteiger partial charge is 0.407 e. The van der Waals surface area contributed by atoms with Crippen molar-refractivity contribution in [2.45, 2.75) is 64.9 Å². The molecule has 0 bridgehead atoms. The van der Waals surface area contributed by atoms with Gasteiger partial charge < -0.3 is 25.0 Å². The number of carbonyl (C=O) groups is 2. The molecule has 1 fully saturated rings. The number of carboxylic acid groups (broad SMARTS) is 1. The van der Waals surface area contributed by atoms with Gasteiger partial charge in [-0.25, -0.2) is 14.8 Å². The quantitative estimate of drug-likeness (QED) is 0.683. The van der Waals surface area contributed by atoms with Crippen LogP contribution in [0.15, 0.2) is 6.33 Å². The van der Waals surface area contributed by atoms with Crippen LogP contribution in [0, 0.1) is 5.41 Å². The summed E-state index contributed by atoms with van der Waals surface area (Å²) in [6.45, 7) is 6.48. The van der Waals surface area contributed by atoms with Gasteiger partial charge in [0.15, 0.2) is 0 Å². The monoisotopic (exact) mass is 429 g/mol. The largest absolute Gasteiger partial charge is 0.481 e. The van der Waals surface area contributed by atoms with Crippen LogP contribution in [-0.2, 0) is 22.4 Å². The van der Waals surface area contributed by atoms with E-state index in [4.69, 9.17) is 4.74 Å². The van der Waals surface area contributed by atoms with Crippen LogP contribution in [0.1, 0.15) is 57.7 Å². The highest BCUT2D eigenvalue weighted by Crippen LogP contribution is 2.37. The Morgan fingerprint density at radius 1 is 1.23 bits per heavy atom. The number of amides is 1. The zero-order valence-electron chi connectivity index (χ0n) is 18.5. The van der Waals surface area contributed by atoms with Crippen molar-refractivity contribution in [1.82, 2.24) is 20.3 Å². The Bertz CT molecular complexity index is 986. The molecule has 2 aromatic heterocycles. The Kier molecular flexibility index (Phi) is 5.53. The first kappa shape index (κ1) is 21.4. The first-order valence-corrected chi connectivity index (χ1v) is 11.0. The molecule has 3 N–H and O–H groups in total. The van der Waals surface area contributed by atoms with Gasteiger partial charge in [0.2, 0.25) is 0 Å². The maximum atomic E-state index is 12.1. The second-order valence-corrected chi connectivity index (χ2v) is 9.64. The van der Waals surface area contributed by atoms with E-state index in [1.54, 1.807) is 27.1 Å². The zero-order chi connectivity index (χ0) is 22.2. The lowest BCUT2D eigenvalue weighted by atomic mass is 9.78. The van der Waals surface area contributed by atoms with Gasteiger partial charge in [-0.05, 0) is 64.9 Å². The summed E-state index contributed by atoms with van der Waals surface area (Å²) in [5.41, 5.74) is 1.77. The van der Waals surface area contributed by atoms with Crippen LogP contribution >= 0.6 is 0 Å². The van der Waals surface area contributed by atoms with Gasteiger partial charge in [0.05, 0.1) is 10.8 Å². The predicted molar refractivity (Wildman–Crippen MR) is 116 cm³/mol. The zero-order valence-corrected chi connectivity index (χ0v) is 18.5. The average Bonchev–Trinajstić information content (AvgIpc) is 3.10. The van der Waals surface area contributed by atoms with Crippen LogP contribution in [0.4, 0.5) is 10.6 Å². The summed E-state index contributed by atoms with van der Waals surface area (Å²) in [5, 5.41) is 13.7. The van der Waals surface area contributed by atoms with E-state index in [2.05, 4.69) is 25.2 Å². The second kappa shape index (κ2) is 8.01. The first-order chi connectivity index (χ1) is 14.7. The van der Waals surface area contributed by atoms with Crippen molar-refractivity contribution in [3.63, 3.8) is 0 Å². The highest BCUT2D eigenvalue weighted by molar-refractivity contribution is 5.92. The number of H-pyrrole nitrogens is 1. The molecule has 0 spiro atoms. The molecule has 9 heteroatoms. The van der Waals surface area contributed by atoms with Gasteiger partial charge in [-0.3, -0.25) is 4.79 Å². The molecule has 1 amide bonds. The van der Waals surface area contributed by atoms with Crippen LogP contribution in [0.3, 0.4) is 0 Å². The van der Waals surface area contributed by atoms with Crippen molar-refractivity contribution < 1.29 is 19.4 Å². The third kappa shape index (κ3) is 4.31. The number of aryl methyl sites for hydroxylation is 2. The molecular weight excluding hydrogens is 398 g/mol. The van der Waals surface area contributed by atoms with Crippen molar-refractivity contribution in [3.8, 4) is 0 Å². The number of nitrogens with zero attached hydrogens (tertiary/aromatic N) is 3. The number of piperidine rings is 1. The van der Waals surface area contributed by atoms with E-state index in [1.807, 2.05) is 0 Å². The van der Waals surface area contributed by atoms with Gasteiger partial charge >= 0.3 is 12.1 Å². The molecule has 0 saturated carbocycles. The highest BCUT2D eigenvalue weighted by Gasteiger charge is 2.43. The molecule has 0 atom stereocenters. The van der Waals surface area contributed by atoms with E-state index >= 15 is 0 Å². The molecule has 2 aliphatic rings. The first-order valence-electron chi connectivity index (χ1n) is 11.0. The van der Waals surface area contributed by atoms with Crippen LogP contribution in [-0.4, -0.2) is 57.4 Å². The summed E-state index contributed by atoms with van der Waals surface area (Å²) in [6, 6.07) is 0. The SMILES string of the molecule is CC(C)(C)OC(=O)NCC1(C(=O)O)CCN(c2ncnc3[nH]c4c(c23)CCCC4)CC1. The summed E-state index contributed by atoms with van der Waals surface area (Å²) >= 11 is 0. The third-order valence-electron chi connectivity index (χ3n) is 6.31. The minimum Gasteiger partial charge on any atom is -0.481 e. The Labute approximate surface area is 181 Å². The molecule has 9 nitrogen and oxygen atoms in total. The summed E-state index contributed by atoms with van der Waals surface area (Å²) in [6.07, 6.45) is 6.19. The number of anilines is 1. The van der Waals surface area contributed by atoms with Crippen LogP contribution in [0.2, 0.25) is 0 Å². The lowest BCUT2D eigenvalue weighted by Crippen LogP contribution is -2.51. The fourth-order valence-electron chi connectivity index (χ4n) is 4.62. The van der Waals surface area contributed by atoms with Crippen molar-refractivity contribution in [2.24, 2.45) is 5.41 Å². The maximum absolute atomic E-state index is 12.1. The van der Waals surface area contributed by atoms with Gasteiger partial charge in [-0.2, -0.15) is 0 Å². The molecule has 0 unspecified atom stereocenters. The van der Waals surface area contributed by atoms with Crippen molar-refractivity contribution >= 4 is 28.9 Å². The van der Waals surface area contributed by atoms with Crippen LogP contribution < -0.4 is 10.2 Å². The number of aromatic nitrogens is 3. The lowest BCUT2D eigenvalue weighted by molar-refractivity contribution is -0.150. The second-order valence-electron chi connectivity index (χ2n) is 9.64. The van der Waals surface area contributed by atoms with E-state index in [1.165, 1.54) is 17.7 Å². The number of aliphatic carboxylic acids is 1. The molecule has 4 rings (SSSR count). The predicted octanol–water partition coefficient (Wildman–Crippen LogP) is 3.03. The molecule has 2 aromatic rings. The fraction of sp³-hybridized carbons (Fsp3) is 0.636. The molecular formula is C22H31N5O4. The summed E-state index contributed by atoms with van der Waals surface area (Å²) in [4.78, 5) is 38.8. The van der Waals surface area contributed by atoms with E-state index < -0.39 is 23.1 Å². The standard InChI is InChI=1S/C22H31N5O4/c1-21(2,3)31-20(30)23-12-22(19(28)29)8-10-27(11-9-22)18-16-14-6-4-5-7-15(14)26-17(16)24-13-25-18/h13H,4-12H2,1-3H3,(H,23,30)(H,28,29)(H,24,25,26). The number of hydrogen-bond donors (Lipinski definition) is 3. The molecule has 0 aromatic carbocycles. The number of carboxylic acids is 1. The van der Waals surface area contributed by atoms with Crippen molar-refractivity contribution in [3.05, 3.63) is 17.6 Å². The molecule has 1 aliphatic carbocycles. The van der Waals surface area contributed by atoms with Gasteiger partial charge in [0, 0.05) is 25.3 Å². The van der Waals surface area contributed by atoms with Crippen molar-refractivity contribution in [1.29, 1.82) is 0 Å². The molecule has 0 radical (unpaired) electrons. The number of carbonyl (C=O) groups excluding carboxylic acids is 1. The Hall–Kier alpha value is -2.84. The van der Waals surface area contributed by atoms with Gasteiger partial charge in [0.25, 0.3) is 0 Å². The molecule has 1 saturated heterocycles. The summed E-state index contributed by atoms with van der Waals surface area (Å²) < 4.78 is 5.26. The Balaban J connectivity index is 1.50. The van der Waals surface area contributed by atoms with Gasteiger partial charge in [0.1, 0.15) is 23.4 Å². The number of aromatic amines is 1. The van der Waals surface area contributed by atoms with E-state index in [0.717, 1.165) is 36.1 Å². The third-order valence-corrected chi connectivity index (χ3v) is 6.31.